The van der Waals surface area contributed by atoms with Gasteiger partial charge < -0.3 is 10.1 Å². The third-order valence-corrected chi connectivity index (χ3v) is 7.21. The Balaban J connectivity index is 1.72. The van der Waals surface area contributed by atoms with E-state index in [0.717, 1.165) is 31.2 Å². The van der Waals surface area contributed by atoms with Crippen molar-refractivity contribution >= 4 is 23.5 Å². The predicted molar refractivity (Wildman–Crippen MR) is 129 cm³/mol. The zero-order valence-electron chi connectivity index (χ0n) is 20.6. The molecule has 0 spiro atoms. The normalized spacial score (nSPS) is 24.6. The van der Waals surface area contributed by atoms with Crippen LogP contribution in [0.3, 0.4) is 0 Å². The fourth-order valence-corrected chi connectivity index (χ4v) is 4.94. The van der Waals surface area contributed by atoms with E-state index in [4.69, 9.17) is 4.74 Å². The maximum Gasteiger partial charge on any atom is 0.358 e. The third kappa shape index (κ3) is 4.33. The van der Waals surface area contributed by atoms with Gasteiger partial charge in [0.15, 0.2) is 5.69 Å². The summed E-state index contributed by atoms with van der Waals surface area (Å²) in [6, 6.07) is 9.26. The molecule has 2 aliphatic rings. The van der Waals surface area contributed by atoms with E-state index < -0.39 is 11.5 Å². The summed E-state index contributed by atoms with van der Waals surface area (Å²) < 4.78 is 6.24. The number of methoxy groups -OCH3 is 1. The number of nitrogens with zero attached hydrogens (tertiary/aromatic N) is 3. The van der Waals surface area contributed by atoms with Crippen LogP contribution in [0.1, 0.15) is 85.8 Å². The van der Waals surface area contributed by atoms with Gasteiger partial charge in [-0.3, -0.25) is 19.2 Å². The second kappa shape index (κ2) is 9.24. The van der Waals surface area contributed by atoms with Crippen molar-refractivity contribution in [3.8, 4) is 0 Å². The van der Waals surface area contributed by atoms with Crippen molar-refractivity contribution in [2.24, 2.45) is 5.92 Å². The van der Waals surface area contributed by atoms with E-state index in [0.29, 0.717) is 17.5 Å². The van der Waals surface area contributed by atoms with Crippen molar-refractivity contribution in [3.05, 3.63) is 47.3 Å². The molecule has 8 heteroatoms. The summed E-state index contributed by atoms with van der Waals surface area (Å²) in [6.07, 6.45) is 4.01. The van der Waals surface area contributed by atoms with Crippen LogP contribution in [0.25, 0.3) is 0 Å². The van der Waals surface area contributed by atoms with Gasteiger partial charge in [-0.05, 0) is 62.1 Å². The highest BCUT2D eigenvalue weighted by Gasteiger charge is 2.49. The number of carbonyl (C=O) groups excluding carboxylic acids is 3. The molecule has 2 amide bonds. The Labute approximate surface area is 200 Å². The zero-order chi connectivity index (χ0) is 24.6. The molecule has 1 aromatic heterocycles. The van der Waals surface area contributed by atoms with Crippen LogP contribution in [-0.2, 0) is 16.1 Å². The molecule has 182 valence electrons. The van der Waals surface area contributed by atoms with Crippen LogP contribution in [0.5, 0.6) is 0 Å². The van der Waals surface area contributed by atoms with Gasteiger partial charge in [-0.15, -0.1) is 0 Å². The molecule has 2 heterocycles. The fraction of sp³-hybridized carbons (Fsp3) is 0.538. The fourth-order valence-electron chi connectivity index (χ4n) is 4.94. The van der Waals surface area contributed by atoms with Crippen LogP contribution in [0.4, 0.5) is 5.69 Å². The van der Waals surface area contributed by atoms with Gasteiger partial charge in [0.1, 0.15) is 11.2 Å². The van der Waals surface area contributed by atoms with Gasteiger partial charge in [0.05, 0.1) is 13.7 Å². The van der Waals surface area contributed by atoms with Crippen LogP contribution in [0.2, 0.25) is 0 Å². The summed E-state index contributed by atoms with van der Waals surface area (Å²) in [7, 11) is 1.27. The summed E-state index contributed by atoms with van der Waals surface area (Å²) in [5.41, 5.74) is 0.869. The number of anilines is 1. The summed E-state index contributed by atoms with van der Waals surface area (Å²) in [5, 5.41) is 7.49. The number of nitrogens with one attached hydrogen (secondary N) is 1. The second-order valence-electron chi connectivity index (χ2n) is 10.2. The highest BCUT2D eigenvalue weighted by atomic mass is 16.5. The molecule has 1 N–H and O–H groups in total. The average Bonchev–Trinajstić information content (AvgIpc) is 3.24. The minimum Gasteiger partial charge on any atom is -0.464 e. The van der Waals surface area contributed by atoms with Crippen molar-refractivity contribution in [1.82, 2.24) is 15.1 Å². The highest BCUT2D eigenvalue weighted by molar-refractivity contribution is 6.12. The summed E-state index contributed by atoms with van der Waals surface area (Å²) in [6.45, 7) is 8.35. The van der Waals surface area contributed by atoms with Crippen LogP contribution in [0.15, 0.2) is 30.3 Å². The minimum absolute atomic E-state index is 0.0480. The van der Waals surface area contributed by atoms with E-state index in [9.17, 15) is 14.4 Å². The lowest BCUT2D eigenvalue weighted by Crippen LogP contribution is -2.65. The van der Waals surface area contributed by atoms with E-state index >= 15 is 0 Å². The van der Waals surface area contributed by atoms with Crippen molar-refractivity contribution in [3.63, 3.8) is 0 Å². The smallest absolute Gasteiger partial charge is 0.358 e. The number of hydrogen-bond acceptors (Lipinski definition) is 5. The molecule has 1 saturated carbocycles. The molecule has 2 aromatic rings. The largest absolute Gasteiger partial charge is 0.464 e. The van der Waals surface area contributed by atoms with Crippen molar-refractivity contribution < 1.29 is 19.1 Å². The van der Waals surface area contributed by atoms with Gasteiger partial charge in [0.25, 0.3) is 5.91 Å². The number of esters is 1. The lowest BCUT2D eigenvalue weighted by molar-refractivity contribution is -0.127. The quantitative estimate of drug-likeness (QED) is 0.675. The first-order chi connectivity index (χ1) is 16.1. The number of fused-ring (bicyclic) bond motifs is 1. The van der Waals surface area contributed by atoms with E-state index in [1.807, 2.05) is 24.3 Å². The molecule has 8 nitrogen and oxygen atoms in total. The van der Waals surface area contributed by atoms with Crippen LogP contribution < -0.4 is 10.2 Å². The first kappa shape index (κ1) is 24.0. The Bertz CT molecular complexity index is 1080. The van der Waals surface area contributed by atoms with Crippen molar-refractivity contribution in [1.29, 1.82) is 0 Å². The number of hydrogen-bond donors (Lipinski definition) is 1. The molecule has 1 aromatic carbocycles. The van der Waals surface area contributed by atoms with Crippen molar-refractivity contribution in [2.45, 2.75) is 77.4 Å². The third-order valence-electron chi connectivity index (χ3n) is 7.21. The van der Waals surface area contributed by atoms with E-state index in [-0.39, 0.29) is 35.8 Å². The maximum atomic E-state index is 13.7. The molecular weight excluding hydrogens is 432 g/mol. The van der Waals surface area contributed by atoms with E-state index in [2.05, 4.69) is 31.2 Å². The van der Waals surface area contributed by atoms with Gasteiger partial charge in [-0.2, -0.15) is 5.10 Å². The molecule has 34 heavy (non-hydrogen) atoms. The van der Waals surface area contributed by atoms with Gasteiger partial charge in [-0.1, -0.05) is 32.9 Å². The average molecular weight is 467 g/mol. The van der Waals surface area contributed by atoms with Crippen molar-refractivity contribution in [2.75, 3.05) is 12.0 Å². The lowest BCUT2D eigenvalue weighted by Gasteiger charge is -2.44. The number of amides is 2. The van der Waals surface area contributed by atoms with E-state index in [1.165, 1.54) is 17.9 Å². The molecular formula is C26H34N4O4. The maximum absolute atomic E-state index is 13.7. The van der Waals surface area contributed by atoms with Gasteiger partial charge in [0.2, 0.25) is 5.91 Å². The van der Waals surface area contributed by atoms with Gasteiger partial charge in [0, 0.05) is 17.8 Å². The Hall–Kier alpha value is -3.16. The molecule has 1 atom stereocenters. The second-order valence-corrected chi connectivity index (χ2v) is 10.2. The predicted octanol–water partition coefficient (Wildman–Crippen LogP) is 3.91. The minimum atomic E-state index is -1.22. The first-order valence-corrected chi connectivity index (χ1v) is 12.1. The molecule has 0 saturated heterocycles. The first-order valence-electron chi connectivity index (χ1n) is 12.1. The van der Waals surface area contributed by atoms with E-state index in [1.54, 1.807) is 11.8 Å². The Kier molecular flexibility index (Phi) is 6.51. The SMILES string of the molecule is COC(=O)c1cc2n(n1)C[C@@](C)(C(=O)NC1CCC(C)CC1)N(c1ccc(C(C)C)cc1)C2=O. The molecule has 1 aliphatic carbocycles. The van der Waals surface area contributed by atoms with Crippen LogP contribution >= 0.6 is 0 Å². The molecule has 0 bridgehead atoms. The van der Waals surface area contributed by atoms with Gasteiger partial charge in [-0.25, -0.2) is 4.79 Å². The summed E-state index contributed by atoms with van der Waals surface area (Å²) in [4.78, 5) is 41.1. The number of carbonyl (C=O) groups is 3. The molecule has 1 aliphatic heterocycles. The van der Waals surface area contributed by atoms with Crippen LogP contribution in [0, 0.1) is 5.92 Å². The number of rotatable bonds is 5. The Morgan fingerprint density at radius 2 is 1.79 bits per heavy atom. The molecule has 0 unspecified atom stereocenters. The number of aromatic nitrogens is 2. The Morgan fingerprint density at radius 3 is 2.38 bits per heavy atom. The summed E-state index contributed by atoms with van der Waals surface area (Å²) >= 11 is 0. The number of benzene rings is 1. The van der Waals surface area contributed by atoms with Crippen LogP contribution in [-0.4, -0.2) is 46.3 Å². The monoisotopic (exact) mass is 466 g/mol. The standard InChI is InChI=1S/C26H34N4O4/c1-16(2)18-8-12-20(13-9-18)30-23(31)22-14-21(24(32)34-5)28-29(22)15-26(30,4)25(33)27-19-10-6-17(3)7-11-19/h8-9,12-14,16-17,19H,6-7,10-11,15H2,1-5H3,(H,27,33)/t17?,19?,26-/m0/s1. The molecule has 0 radical (unpaired) electrons. The zero-order valence-corrected chi connectivity index (χ0v) is 20.6. The molecule has 4 rings (SSSR count). The topological polar surface area (TPSA) is 93.5 Å². The lowest BCUT2D eigenvalue weighted by atomic mass is 9.86. The molecule has 1 fully saturated rings. The summed E-state index contributed by atoms with van der Waals surface area (Å²) in [5.74, 6) is -0.196. The Morgan fingerprint density at radius 1 is 1.15 bits per heavy atom. The van der Waals surface area contributed by atoms with Gasteiger partial charge >= 0.3 is 5.97 Å². The highest BCUT2D eigenvalue weighted by Crippen LogP contribution is 2.34. The number of ether oxygens (including phenoxy) is 1.